The van der Waals surface area contributed by atoms with Gasteiger partial charge in [-0.25, -0.2) is 8.42 Å². The summed E-state index contributed by atoms with van der Waals surface area (Å²) in [5, 5.41) is 2.73. The van der Waals surface area contributed by atoms with Crippen LogP contribution in [0.15, 0.2) is 57.9 Å². The van der Waals surface area contributed by atoms with Gasteiger partial charge < -0.3 is 5.32 Å². The van der Waals surface area contributed by atoms with E-state index >= 15 is 0 Å². The number of carbonyl (C=O) groups is 1. The van der Waals surface area contributed by atoms with Crippen molar-refractivity contribution >= 4 is 37.5 Å². The molecule has 2 aromatic rings. The van der Waals surface area contributed by atoms with Gasteiger partial charge in [0.1, 0.15) is 6.54 Å². The molecule has 0 atom stereocenters. The van der Waals surface area contributed by atoms with Crippen molar-refractivity contribution in [1.29, 1.82) is 0 Å². The minimum absolute atomic E-state index is 0.0704. The predicted molar refractivity (Wildman–Crippen MR) is 103 cm³/mol. The lowest BCUT2D eigenvalue weighted by Crippen LogP contribution is -2.42. The molecule has 0 aromatic heterocycles. The number of amides is 1. The van der Waals surface area contributed by atoms with E-state index in [1.807, 2.05) is 20.8 Å². The Morgan fingerprint density at radius 3 is 2.36 bits per heavy atom. The number of benzene rings is 2. The summed E-state index contributed by atoms with van der Waals surface area (Å²) in [6.45, 7) is 5.26. The summed E-state index contributed by atoms with van der Waals surface area (Å²) in [6.07, 6.45) is 0. The van der Waals surface area contributed by atoms with Gasteiger partial charge in [-0.2, -0.15) is 0 Å². The highest BCUT2D eigenvalue weighted by atomic mass is 79.9. The van der Waals surface area contributed by atoms with Crippen LogP contribution < -0.4 is 9.62 Å². The van der Waals surface area contributed by atoms with Gasteiger partial charge in [0.05, 0.1) is 10.6 Å². The molecule has 134 valence electrons. The molecule has 0 heterocycles. The molecule has 0 bridgehead atoms. The average molecular weight is 425 g/mol. The van der Waals surface area contributed by atoms with Crippen LogP contribution in [0.3, 0.4) is 0 Å². The van der Waals surface area contributed by atoms with Gasteiger partial charge in [0.25, 0.3) is 10.0 Å². The first-order valence-electron chi connectivity index (χ1n) is 7.84. The molecule has 0 aliphatic carbocycles. The second-order valence-corrected chi connectivity index (χ2v) is 8.80. The second kappa shape index (κ2) is 8.01. The minimum Gasteiger partial charge on any atom is -0.352 e. The Morgan fingerprint density at radius 2 is 1.80 bits per heavy atom. The summed E-state index contributed by atoms with van der Waals surface area (Å²) in [5.74, 6) is -0.356. The van der Waals surface area contributed by atoms with E-state index in [1.54, 1.807) is 48.5 Å². The fourth-order valence-electron chi connectivity index (χ4n) is 2.28. The van der Waals surface area contributed by atoms with Crippen molar-refractivity contribution in [1.82, 2.24) is 5.32 Å². The molecule has 25 heavy (non-hydrogen) atoms. The smallest absolute Gasteiger partial charge is 0.264 e. The normalized spacial score (nSPS) is 11.4. The fraction of sp³-hybridized carbons (Fsp3) is 0.278. The van der Waals surface area contributed by atoms with Crippen molar-refractivity contribution in [2.24, 2.45) is 0 Å². The number of anilines is 1. The Bertz CT molecular complexity index is 849. The molecule has 0 unspecified atom stereocenters. The third-order valence-electron chi connectivity index (χ3n) is 3.44. The second-order valence-electron chi connectivity index (χ2n) is 6.03. The van der Waals surface area contributed by atoms with Crippen molar-refractivity contribution in [3.63, 3.8) is 0 Å². The lowest BCUT2D eigenvalue weighted by atomic mass is 10.2. The number of carbonyl (C=O) groups excluding carboxylic acids is 1. The molecule has 1 N–H and O–H groups in total. The zero-order valence-electron chi connectivity index (χ0n) is 14.4. The van der Waals surface area contributed by atoms with E-state index in [1.165, 1.54) is 0 Å². The molecule has 5 nitrogen and oxygen atoms in total. The van der Waals surface area contributed by atoms with Crippen LogP contribution in [0.2, 0.25) is 0 Å². The molecule has 0 saturated heterocycles. The molecule has 0 saturated carbocycles. The lowest BCUT2D eigenvalue weighted by molar-refractivity contribution is -0.120. The van der Waals surface area contributed by atoms with E-state index in [2.05, 4.69) is 21.2 Å². The van der Waals surface area contributed by atoms with Gasteiger partial charge in [0.15, 0.2) is 0 Å². The number of hydrogen-bond donors (Lipinski definition) is 1. The Kier molecular flexibility index (Phi) is 6.24. The van der Waals surface area contributed by atoms with Crippen molar-refractivity contribution in [3.05, 3.63) is 58.6 Å². The monoisotopic (exact) mass is 424 g/mol. The van der Waals surface area contributed by atoms with Crippen LogP contribution in [0.5, 0.6) is 0 Å². The molecule has 1 amide bonds. The highest BCUT2D eigenvalue weighted by Crippen LogP contribution is 2.26. The first-order chi connectivity index (χ1) is 11.7. The van der Waals surface area contributed by atoms with E-state index in [0.717, 1.165) is 14.3 Å². The van der Waals surface area contributed by atoms with Crippen LogP contribution in [0, 0.1) is 6.92 Å². The standard InChI is InChI=1S/C18H21BrN2O3S/c1-13(2)20-18(22)12-21(16-6-4-5-15(19)11-16)25(23,24)17-9-7-14(3)8-10-17/h4-11,13H,12H2,1-3H3,(H,20,22). The minimum atomic E-state index is -3.87. The van der Waals surface area contributed by atoms with Gasteiger partial charge in [0.2, 0.25) is 5.91 Å². The molecule has 0 aliphatic rings. The number of hydrogen-bond acceptors (Lipinski definition) is 3. The molecule has 0 radical (unpaired) electrons. The number of sulfonamides is 1. The van der Waals surface area contributed by atoms with E-state index in [-0.39, 0.29) is 23.4 Å². The van der Waals surface area contributed by atoms with Gasteiger partial charge >= 0.3 is 0 Å². The molecular formula is C18H21BrN2O3S. The molecule has 2 aromatic carbocycles. The number of nitrogens with one attached hydrogen (secondary N) is 1. The van der Waals surface area contributed by atoms with Crippen LogP contribution in [-0.4, -0.2) is 26.9 Å². The maximum atomic E-state index is 13.1. The highest BCUT2D eigenvalue weighted by molar-refractivity contribution is 9.10. The Morgan fingerprint density at radius 1 is 1.16 bits per heavy atom. The van der Waals surface area contributed by atoms with Crippen LogP contribution in [0.1, 0.15) is 19.4 Å². The number of aryl methyl sites for hydroxylation is 1. The summed E-state index contributed by atoms with van der Waals surface area (Å²) < 4.78 is 28.1. The summed E-state index contributed by atoms with van der Waals surface area (Å²) >= 11 is 3.35. The summed E-state index contributed by atoms with van der Waals surface area (Å²) in [5.41, 5.74) is 1.39. The van der Waals surface area contributed by atoms with E-state index in [0.29, 0.717) is 5.69 Å². The summed E-state index contributed by atoms with van der Waals surface area (Å²) in [6, 6.07) is 13.4. The maximum Gasteiger partial charge on any atom is 0.264 e. The fourth-order valence-corrected chi connectivity index (χ4v) is 4.08. The quantitative estimate of drug-likeness (QED) is 0.771. The summed E-state index contributed by atoms with van der Waals surface area (Å²) in [4.78, 5) is 12.4. The van der Waals surface area contributed by atoms with Gasteiger partial charge in [-0.1, -0.05) is 39.7 Å². The Hall–Kier alpha value is -1.86. The lowest BCUT2D eigenvalue weighted by Gasteiger charge is -2.25. The van der Waals surface area contributed by atoms with Crippen molar-refractivity contribution in [2.45, 2.75) is 31.7 Å². The van der Waals surface area contributed by atoms with Gasteiger partial charge in [-0.15, -0.1) is 0 Å². The van der Waals surface area contributed by atoms with Crippen molar-refractivity contribution in [3.8, 4) is 0 Å². The van der Waals surface area contributed by atoms with Crippen molar-refractivity contribution < 1.29 is 13.2 Å². The van der Waals surface area contributed by atoms with Gasteiger partial charge in [0, 0.05) is 10.5 Å². The zero-order valence-corrected chi connectivity index (χ0v) is 16.8. The third-order valence-corrected chi connectivity index (χ3v) is 5.72. The van der Waals surface area contributed by atoms with Gasteiger partial charge in [-0.3, -0.25) is 9.10 Å². The largest absolute Gasteiger partial charge is 0.352 e. The van der Waals surface area contributed by atoms with Crippen LogP contribution >= 0.6 is 15.9 Å². The first-order valence-corrected chi connectivity index (χ1v) is 10.1. The number of rotatable bonds is 6. The predicted octanol–water partition coefficient (Wildman–Crippen LogP) is 3.48. The molecule has 0 spiro atoms. The van der Waals surface area contributed by atoms with Crippen molar-refractivity contribution in [2.75, 3.05) is 10.8 Å². The Balaban J connectivity index is 2.46. The van der Waals surface area contributed by atoms with E-state index < -0.39 is 10.0 Å². The first kappa shape index (κ1) is 19.5. The van der Waals surface area contributed by atoms with Crippen LogP contribution in [0.25, 0.3) is 0 Å². The molecule has 2 rings (SSSR count). The maximum absolute atomic E-state index is 13.1. The van der Waals surface area contributed by atoms with E-state index in [4.69, 9.17) is 0 Å². The summed E-state index contributed by atoms with van der Waals surface area (Å²) in [7, 11) is -3.87. The third kappa shape index (κ3) is 5.06. The molecule has 0 aliphatic heterocycles. The van der Waals surface area contributed by atoms with Crippen LogP contribution in [-0.2, 0) is 14.8 Å². The average Bonchev–Trinajstić information content (AvgIpc) is 2.52. The SMILES string of the molecule is Cc1ccc(S(=O)(=O)N(CC(=O)NC(C)C)c2cccc(Br)c2)cc1. The Labute approximate surface area is 157 Å². The topological polar surface area (TPSA) is 66.5 Å². The zero-order chi connectivity index (χ0) is 18.6. The number of nitrogens with zero attached hydrogens (tertiary/aromatic N) is 1. The van der Waals surface area contributed by atoms with Crippen LogP contribution in [0.4, 0.5) is 5.69 Å². The highest BCUT2D eigenvalue weighted by Gasteiger charge is 2.27. The van der Waals surface area contributed by atoms with Gasteiger partial charge in [-0.05, 0) is 51.1 Å². The van der Waals surface area contributed by atoms with E-state index in [9.17, 15) is 13.2 Å². The molecular weight excluding hydrogens is 404 g/mol. The molecule has 7 heteroatoms. The number of halogens is 1. The molecule has 0 fully saturated rings.